The van der Waals surface area contributed by atoms with E-state index >= 15 is 0 Å². The highest BCUT2D eigenvalue weighted by Crippen LogP contribution is 2.42. The first-order valence-corrected chi connectivity index (χ1v) is 11.8. The van der Waals surface area contributed by atoms with E-state index in [0.29, 0.717) is 47.3 Å². The smallest absolute Gasteiger partial charge is 0.278 e. The van der Waals surface area contributed by atoms with Gasteiger partial charge in [0, 0.05) is 17.7 Å². The lowest BCUT2D eigenvalue weighted by molar-refractivity contribution is -0.117. The lowest BCUT2D eigenvalue weighted by atomic mass is 10.0. The number of ether oxygens (including phenoxy) is 2. The van der Waals surface area contributed by atoms with Crippen LogP contribution in [0.4, 0.5) is 5.69 Å². The number of para-hydroxylation sites is 2. The molecule has 0 spiro atoms. The fourth-order valence-corrected chi connectivity index (χ4v) is 4.34. The van der Waals surface area contributed by atoms with Crippen LogP contribution in [0.5, 0.6) is 17.4 Å². The van der Waals surface area contributed by atoms with Gasteiger partial charge in [0.25, 0.3) is 5.56 Å². The normalized spacial score (nSPS) is 11.8. The van der Waals surface area contributed by atoms with E-state index in [-0.39, 0.29) is 18.0 Å². The van der Waals surface area contributed by atoms with Crippen molar-refractivity contribution >= 4 is 11.6 Å². The largest absolute Gasteiger partial charge is 0.490 e. The minimum absolute atomic E-state index is 0.0961. The van der Waals surface area contributed by atoms with Gasteiger partial charge in [-0.05, 0) is 49.2 Å². The number of amides is 1. The molecule has 35 heavy (non-hydrogen) atoms. The molecule has 0 aliphatic carbocycles. The molecule has 0 atom stereocenters. The van der Waals surface area contributed by atoms with Crippen molar-refractivity contribution in [3.05, 3.63) is 99.8 Å². The number of hydrogen-bond acceptors (Lipinski definition) is 4. The molecular weight excluding hydrogens is 442 g/mol. The minimum Gasteiger partial charge on any atom is -0.490 e. The first kappa shape index (κ1) is 22.5. The number of carbonyl (C=O) groups is 1. The Balaban J connectivity index is 1.60. The second-order valence-electron chi connectivity index (χ2n) is 8.35. The Kier molecular flexibility index (Phi) is 6.14. The second-order valence-corrected chi connectivity index (χ2v) is 8.35. The van der Waals surface area contributed by atoms with Crippen molar-refractivity contribution < 1.29 is 14.3 Å². The molecule has 7 nitrogen and oxygen atoms in total. The number of nitrogens with one attached hydrogen (secondary N) is 1. The van der Waals surface area contributed by atoms with Crippen molar-refractivity contribution in [2.45, 2.75) is 33.2 Å². The zero-order chi connectivity index (χ0) is 24.4. The maximum Gasteiger partial charge on any atom is 0.278 e. The zero-order valence-electron chi connectivity index (χ0n) is 19.8. The molecule has 5 rings (SSSR count). The van der Waals surface area contributed by atoms with E-state index in [4.69, 9.17) is 9.47 Å². The molecule has 1 aromatic heterocycles. The van der Waals surface area contributed by atoms with Crippen molar-refractivity contribution in [3.8, 4) is 23.1 Å². The predicted molar refractivity (Wildman–Crippen MR) is 135 cm³/mol. The monoisotopic (exact) mass is 469 g/mol. The number of aryl methyl sites for hydroxylation is 1. The Morgan fingerprint density at radius 3 is 2.49 bits per heavy atom. The summed E-state index contributed by atoms with van der Waals surface area (Å²) in [5, 5.41) is 2.90. The van der Waals surface area contributed by atoms with Gasteiger partial charge in [0.05, 0.1) is 17.9 Å². The third-order valence-corrected chi connectivity index (χ3v) is 6.05. The quantitative estimate of drug-likeness (QED) is 0.367. The molecule has 0 bridgehead atoms. The average Bonchev–Trinajstić information content (AvgIpc) is 3.14. The van der Waals surface area contributed by atoms with Crippen LogP contribution >= 0.6 is 0 Å². The lowest BCUT2D eigenvalue weighted by Crippen LogP contribution is -2.27. The van der Waals surface area contributed by atoms with Gasteiger partial charge in [-0.15, -0.1) is 0 Å². The molecule has 3 aromatic carbocycles. The lowest BCUT2D eigenvalue weighted by Gasteiger charge is -2.21. The molecule has 0 saturated heterocycles. The van der Waals surface area contributed by atoms with E-state index in [2.05, 4.69) is 12.2 Å². The summed E-state index contributed by atoms with van der Waals surface area (Å²) in [5.41, 5.74) is 3.70. The molecule has 0 unspecified atom stereocenters. The Morgan fingerprint density at radius 1 is 1.00 bits per heavy atom. The van der Waals surface area contributed by atoms with Gasteiger partial charge in [0.1, 0.15) is 6.54 Å². The van der Waals surface area contributed by atoms with Crippen LogP contribution in [0, 0.1) is 0 Å². The summed E-state index contributed by atoms with van der Waals surface area (Å²) in [5.74, 6) is 1.29. The van der Waals surface area contributed by atoms with Gasteiger partial charge < -0.3 is 14.8 Å². The number of aromatic nitrogens is 2. The van der Waals surface area contributed by atoms with Crippen LogP contribution in [-0.4, -0.2) is 21.9 Å². The fourth-order valence-electron chi connectivity index (χ4n) is 4.34. The van der Waals surface area contributed by atoms with Gasteiger partial charge in [0.15, 0.2) is 11.5 Å². The van der Waals surface area contributed by atoms with Crippen molar-refractivity contribution in [2.24, 2.45) is 0 Å². The van der Waals surface area contributed by atoms with Gasteiger partial charge >= 0.3 is 0 Å². The number of nitrogens with zero attached hydrogens (tertiary/aromatic N) is 2. The molecule has 0 fully saturated rings. The first-order valence-electron chi connectivity index (χ1n) is 11.8. The van der Waals surface area contributed by atoms with E-state index in [9.17, 15) is 9.59 Å². The molecule has 1 N–H and O–H groups in total. The molecule has 0 radical (unpaired) electrons. The van der Waals surface area contributed by atoms with Crippen molar-refractivity contribution in [1.82, 2.24) is 9.36 Å². The summed E-state index contributed by atoms with van der Waals surface area (Å²) in [7, 11) is 0. The maximum absolute atomic E-state index is 13.6. The van der Waals surface area contributed by atoms with E-state index in [0.717, 1.165) is 17.5 Å². The molecule has 1 aliphatic rings. The van der Waals surface area contributed by atoms with Gasteiger partial charge in [-0.25, -0.2) is 9.36 Å². The van der Waals surface area contributed by atoms with Crippen LogP contribution in [-0.2, 0) is 24.2 Å². The Hall–Kier alpha value is -4.26. The van der Waals surface area contributed by atoms with Crippen LogP contribution in [0.15, 0.2) is 77.6 Å². The Bertz CT molecular complexity index is 1420. The predicted octanol–water partition coefficient (Wildman–Crippen LogP) is 4.94. The van der Waals surface area contributed by atoms with E-state index < -0.39 is 0 Å². The van der Waals surface area contributed by atoms with Crippen LogP contribution in [0.1, 0.15) is 30.5 Å². The minimum atomic E-state index is -0.264. The standard InChI is InChI=1S/C28H27N3O4/c1-3-19-13-15-22(16-14-19)31-27(33)23-17-20-9-8-12-24(34-4-2)26(20)35-28(23)30(31)18-25(32)29-21-10-6-5-7-11-21/h5-16H,3-4,17-18H2,1-2H3,(H,29,32). The van der Waals surface area contributed by atoms with Gasteiger partial charge in [-0.3, -0.25) is 9.59 Å². The first-order chi connectivity index (χ1) is 17.1. The number of anilines is 1. The molecule has 0 saturated carbocycles. The zero-order valence-corrected chi connectivity index (χ0v) is 19.8. The average molecular weight is 470 g/mol. The molecule has 178 valence electrons. The van der Waals surface area contributed by atoms with Crippen molar-refractivity contribution in [2.75, 3.05) is 11.9 Å². The number of hydrogen-bond donors (Lipinski definition) is 1. The van der Waals surface area contributed by atoms with Crippen molar-refractivity contribution in [1.29, 1.82) is 0 Å². The molecule has 1 amide bonds. The summed E-state index contributed by atoms with van der Waals surface area (Å²) < 4.78 is 15.2. The number of carbonyl (C=O) groups excluding carboxylic acids is 1. The number of rotatable bonds is 7. The highest BCUT2D eigenvalue weighted by Gasteiger charge is 2.30. The molecule has 2 heterocycles. The van der Waals surface area contributed by atoms with E-state index in [1.807, 2.05) is 79.7 Å². The third-order valence-electron chi connectivity index (χ3n) is 6.05. The summed E-state index contributed by atoms with van der Waals surface area (Å²) >= 11 is 0. The summed E-state index contributed by atoms with van der Waals surface area (Å²) in [4.78, 5) is 26.7. The van der Waals surface area contributed by atoms with Crippen LogP contribution in [0.3, 0.4) is 0 Å². The Labute approximate surface area is 203 Å². The summed E-state index contributed by atoms with van der Waals surface area (Å²) in [6.07, 6.45) is 1.29. The van der Waals surface area contributed by atoms with Gasteiger partial charge in [-0.2, -0.15) is 0 Å². The van der Waals surface area contributed by atoms with Gasteiger partial charge in [0.2, 0.25) is 11.8 Å². The molecule has 1 aliphatic heterocycles. The topological polar surface area (TPSA) is 74.5 Å². The third kappa shape index (κ3) is 4.33. The van der Waals surface area contributed by atoms with Crippen LogP contribution in [0.25, 0.3) is 5.69 Å². The van der Waals surface area contributed by atoms with Crippen molar-refractivity contribution in [3.63, 3.8) is 0 Å². The maximum atomic E-state index is 13.6. The summed E-state index contributed by atoms with van der Waals surface area (Å²) in [6, 6.07) is 22.7. The highest BCUT2D eigenvalue weighted by atomic mass is 16.5. The van der Waals surface area contributed by atoms with Gasteiger partial charge in [-0.1, -0.05) is 49.4 Å². The van der Waals surface area contributed by atoms with E-state index in [1.54, 1.807) is 4.68 Å². The molecular formula is C28H27N3O4. The SMILES string of the molecule is CCOc1cccc2c1Oc1c(c(=O)n(-c3ccc(CC)cc3)n1CC(=O)Nc1ccccc1)C2. The molecule has 7 heteroatoms. The van der Waals surface area contributed by atoms with E-state index in [1.165, 1.54) is 4.68 Å². The highest BCUT2D eigenvalue weighted by molar-refractivity contribution is 5.90. The number of benzene rings is 3. The van der Waals surface area contributed by atoms with Crippen LogP contribution < -0.4 is 20.3 Å². The second kappa shape index (κ2) is 9.54. The number of fused-ring (bicyclic) bond motifs is 2. The molecule has 4 aromatic rings. The fraction of sp³-hybridized carbons (Fsp3) is 0.214. The summed E-state index contributed by atoms with van der Waals surface area (Å²) in [6.45, 7) is 4.39. The Morgan fingerprint density at radius 2 is 1.77 bits per heavy atom. The van der Waals surface area contributed by atoms with Crippen LogP contribution in [0.2, 0.25) is 0 Å².